The number of nitrogens with zero attached hydrogens (tertiary/aromatic N) is 5. The van der Waals surface area contributed by atoms with E-state index in [0.717, 1.165) is 22.8 Å². The van der Waals surface area contributed by atoms with Crippen LogP contribution in [0.1, 0.15) is 33.5 Å². The molecule has 3 heterocycles. The Labute approximate surface area is 186 Å². The molecule has 0 radical (unpaired) electrons. The van der Waals surface area contributed by atoms with Crippen LogP contribution in [0.25, 0.3) is 0 Å². The summed E-state index contributed by atoms with van der Waals surface area (Å²) in [5.74, 6) is 0.718. The number of amides is 1. The zero-order chi connectivity index (χ0) is 22.0. The maximum absolute atomic E-state index is 12.9. The lowest BCUT2D eigenvalue weighted by Gasteiger charge is -2.32. The number of aryl methyl sites for hydroxylation is 2. The van der Waals surface area contributed by atoms with Gasteiger partial charge in [0.1, 0.15) is 11.9 Å². The Balaban J connectivity index is 1.39. The lowest BCUT2D eigenvalue weighted by molar-refractivity contribution is -0.0249. The number of halogens is 1. The number of carbonyl (C=O) groups excluding carboxylic acids is 1. The third kappa shape index (κ3) is 4.75. The monoisotopic (exact) mass is 443 g/mol. The molecule has 3 aromatic rings. The second-order valence-electron chi connectivity index (χ2n) is 7.62. The van der Waals surface area contributed by atoms with E-state index in [0.29, 0.717) is 43.3 Å². The number of morpholine rings is 1. The van der Waals surface area contributed by atoms with Gasteiger partial charge in [0, 0.05) is 43.5 Å². The predicted octanol–water partition coefficient (Wildman–Crippen LogP) is 2.95. The van der Waals surface area contributed by atoms with Gasteiger partial charge in [-0.1, -0.05) is 17.7 Å². The number of benzene rings is 1. The van der Waals surface area contributed by atoms with Gasteiger partial charge >= 0.3 is 0 Å². The summed E-state index contributed by atoms with van der Waals surface area (Å²) in [5, 5.41) is 9.45. The van der Waals surface area contributed by atoms with Crippen LogP contribution in [0.15, 0.2) is 36.5 Å². The van der Waals surface area contributed by atoms with Crippen LogP contribution in [0, 0.1) is 6.92 Å². The topological polar surface area (TPSA) is 74.4 Å². The minimum absolute atomic E-state index is 0.0232. The Hall–Kier alpha value is -2.84. The molecule has 1 saturated heterocycles. The standard InChI is InChI=1S/C22H26ClN5O3/c1-15-19(13-24-26(15)2)22(29)28-8-10-31-21(14-28)20-12-17(27(3)25-20)7-9-30-18-6-4-5-16(23)11-18/h4-6,11-13,21H,7-10,14H2,1-3H3/t21-/m0/s1. The highest BCUT2D eigenvalue weighted by atomic mass is 35.5. The normalized spacial score (nSPS) is 16.5. The fourth-order valence-electron chi connectivity index (χ4n) is 3.64. The molecule has 8 nitrogen and oxygen atoms in total. The molecule has 0 unspecified atom stereocenters. The maximum atomic E-state index is 12.9. The van der Waals surface area contributed by atoms with E-state index in [2.05, 4.69) is 10.2 Å². The lowest BCUT2D eigenvalue weighted by atomic mass is 10.1. The first-order valence-corrected chi connectivity index (χ1v) is 10.6. The smallest absolute Gasteiger partial charge is 0.257 e. The molecule has 1 aliphatic rings. The number of aromatic nitrogens is 4. The second-order valence-corrected chi connectivity index (χ2v) is 8.05. The molecular weight excluding hydrogens is 418 g/mol. The molecule has 9 heteroatoms. The summed E-state index contributed by atoms with van der Waals surface area (Å²) in [6.45, 7) is 3.89. The van der Waals surface area contributed by atoms with Crippen molar-refractivity contribution in [1.29, 1.82) is 0 Å². The summed E-state index contributed by atoms with van der Waals surface area (Å²) >= 11 is 6.00. The van der Waals surface area contributed by atoms with Crippen LogP contribution in [0.4, 0.5) is 0 Å². The summed E-state index contributed by atoms with van der Waals surface area (Å²) in [4.78, 5) is 14.8. The molecule has 31 heavy (non-hydrogen) atoms. The minimum Gasteiger partial charge on any atom is -0.493 e. The van der Waals surface area contributed by atoms with Gasteiger partial charge in [-0.3, -0.25) is 14.2 Å². The third-order valence-electron chi connectivity index (χ3n) is 5.57. The molecule has 0 saturated carbocycles. The number of hydrogen-bond donors (Lipinski definition) is 0. The molecule has 1 aliphatic heterocycles. The van der Waals surface area contributed by atoms with Crippen molar-refractivity contribution < 1.29 is 14.3 Å². The van der Waals surface area contributed by atoms with Crippen molar-refractivity contribution in [2.75, 3.05) is 26.3 Å². The quantitative estimate of drug-likeness (QED) is 0.585. The van der Waals surface area contributed by atoms with Crippen molar-refractivity contribution in [3.63, 3.8) is 0 Å². The second kappa shape index (κ2) is 9.11. The van der Waals surface area contributed by atoms with Crippen LogP contribution in [-0.2, 0) is 25.3 Å². The molecule has 1 atom stereocenters. The van der Waals surface area contributed by atoms with Gasteiger partial charge in [-0.05, 0) is 31.2 Å². The largest absolute Gasteiger partial charge is 0.493 e. The zero-order valence-corrected chi connectivity index (χ0v) is 18.7. The molecule has 2 aromatic heterocycles. The average Bonchev–Trinajstić information content (AvgIpc) is 3.30. The van der Waals surface area contributed by atoms with Crippen molar-refractivity contribution in [3.8, 4) is 5.75 Å². The molecule has 164 valence electrons. The zero-order valence-electron chi connectivity index (χ0n) is 17.9. The number of carbonyl (C=O) groups is 1. The Bertz CT molecular complexity index is 1080. The average molecular weight is 444 g/mol. The van der Waals surface area contributed by atoms with Crippen molar-refractivity contribution in [2.24, 2.45) is 14.1 Å². The van der Waals surface area contributed by atoms with Gasteiger partial charge in [0.25, 0.3) is 5.91 Å². The van der Waals surface area contributed by atoms with Gasteiger partial charge in [0.15, 0.2) is 0 Å². The molecule has 4 rings (SSSR count). The van der Waals surface area contributed by atoms with E-state index < -0.39 is 0 Å². The van der Waals surface area contributed by atoms with Crippen LogP contribution in [0.5, 0.6) is 5.75 Å². The fraction of sp³-hybridized carbons (Fsp3) is 0.409. The summed E-state index contributed by atoms with van der Waals surface area (Å²) in [5.41, 5.74) is 3.34. The molecule has 0 spiro atoms. The van der Waals surface area contributed by atoms with E-state index in [1.54, 1.807) is 16.9 Å². The Kier molecular flexibility index (Phi) is 6.29. The highest BCUT2D eigenvalue weighted by Gasteiger charge is 2.29. The van der Waals surface area contributed by atoms with Crippen molar-refractivity contribution >= 4 is 17.5 Å². The predicted molar refractivity (Wildman–Crippen MR) is 116 cm³/mol. The Morgan fingerprint density at radius 1 is 1.29 bits per heavy atom. The van der Waals surface area contributed by atoms with Crippen LogP contribution in [0.2, 0.25) is 5.02 Å². The van der Waals surface area contributed by atoms with Gasteiger partial charge in [0.2, 0.25) is 0 Å². The van der Waals surface area contributed by atoms with Crippen LogP contribution < -0.4 is 4.74 Å². The first kappa shape index (κ1) is 21.4. The fourth-order valence-corrected chi connectivity index (χ4v) is 3.82. The van der Waals surface area contributed by atoms with E-state index in [4.69, 9.17) is 21.1 Å². The first-order chi connectivity index (χ1) is 14.9. The molecular formula is C22H26ClN5O3. The van der Waals surface area contributed by atoms with Gasteiger partial charge < -0.3 is 14.4 Å². The maximum Gasteiger partial charge on any atom is 0.257 e. The molecule has 0 aliphatic carbocycles. The molecule has 0 N–H and O–H groups in total. The van der Waals surface area contributed by atoms with Crippen molar-refractivity contribution in [2.45, 2.75) is 19.4 Å². The van der Waals surface area contributed by atoms with E-state index in [1.165, 1.54) is 0 Å². The first-order valence-electron chi connectivity index (χ1n) is 10.2. The van der Waals surface area contributed by atoms with E-state index in [9.17, 15) is 4.79 Å². The summed E-state index contributed by atoms with van der Waals surface area (Å²) in [7, 11) is 3.74. The Morgan fingerprint density at radius 3 is 2.87 bits per heavy atom. The van der Waals surface area contributed by atoms with Crippen LogP contribution >= 0.6 is 11.6 Å². The van der Waals surface area contributed by atoms with Gasteiger partial charge in [-0.2, -0.15) is 10.2 Å². The van der Waals surface area contributed by atoms with Crippen LogP contribution in [0.3, 0.4) is 0 Å². The summed E-state index contributed by atoms with van der Waals surface area (Å²) in [6, 6.07) is 9.37. The van der Waals surface area contributed by atoms with E-state index in [1.807, 2.05) is 54.9 Å². The highest BCUT2D eigenvalue weighted by molar-refractivity contribution is 6.30. The molecule has 1 aromatic carbocycles. The summed E-state index contributed by atoms with van der Waals surface area (Å²) < 4.78 is 15.3. The van der Waals surface area contributed by atoms with Gasteiger partial charge in [-0.25, -0.2) is 0 Å². The Morgan fingerprint density at radius 2 is 2.13 bits per heavy atom. The van der Waals surface area contributed by atoms with Gasteiger partial charge in [-0.15, -0.1) is 0 Å². The van der Waals surface area contributed by atoms with E-state index in [-0.39, 0.29) is 12.0 Å². The number of ether oxygens (including phenoxy) is 2. The SMILES string of the molecule is Cc1c(C(=O)N2CCO[C@H](c3cc(CCOc4cccc(Cl)c4)n(C)n3)C2)cnn1C. The minimum atomic E-state index is -0.261. The molecule has 0 bridgehead atoms. The third-order valence-corrected chi connectivity index (χ3v) is 5.80. The van der Waals surface area contributed by atoms with Gasteiger partial charge in [0.05, 0.1) is 37.2 Å². The van der Waals surface area contributed by atoms with Crippen LogP contribution in [-0.4, -0.2) is 56.7 Å². The highest BCUT2D eigenvalue weighted by Crippen LogP contribution is 2.24. The number of hydrogen-bond acceptors (Lipinski definition) is 5. The number of rotatable bonds is 6. The lowest BCUT2D eigenvalue weighted by Crippen LogP contribution is -2.42. The van der Waals surface area contributed by atoms with Crippen molar-refractivity contribution in [3.05, 3.63) is 64.2 Å². The molecule has 1 fully saturated rings. The molecule has 1 amide bonds. The van der Waals surface area contributed by atoms with E-state index >= 15 is 0 Å². The van der Waals surface area contributed by atoms with Crippen molar-refractivity contribution in [1.82, 2.24) is 24.5 Å². The summed E-state index contributed by atoms with van der Waals surface area (Å²) in [6.07, 6.45) is 2.06.